The highest BCUT2D eigenvalue weighted by Gasteiger charge is 2.38. The number of anilines is 1. The van der Waals surface area contributed by atoms with E-state index in [1.54, 1.807) is 12.3 Å². The van der Waals surface area contributed by atoms with Crippen LogP contribution in [0.1, 0.15) is 29.1 Å². The molecule has 6 nitrogen and oxygen atoms in total. The van der Waals surface area contributed by atoms with E-state index < -0.39 is 16.0 Å². The Morgan fingerprint density at radius 1 is 1.12 bits per heavy atom. The number of thiophene rings is 1. The van der Waals surface area contributed by atoms with Gasteiger partial charge in [0.25, 0.3) is 0 Å². The number of sulfonamides is 1. The molecule has 0 N–H and O–H groups in total. The summed E-state index contributed by atoms with van der Waals surface area (Å²) in [7, 11) is -3.92. The van der Waals surface area contributed by atoms with Gasteiger partial charge in [-0.3, -0.25) is 0 Å². The maximum absolute atomic E-state index is 13.9. The summed E-state index contributed by atoms with van der Waals surface area (Å²) in [6, 6.07) is 17.5. The van der Waals surface area contributed by atoms with Crippen LogP contribution in [-0.4, -0.2) is 51.0 Å². The van der Waals surface area contributed by atoms with Crippen molar-refractivity contribution in [2.45, 2.75) is 31.7 Å². The molecule has 0 aliphatic carbocycles. The number of hydrogen-bond acceptors (Lipinski definition) is 6. The van der Waals surface area contributed by atoms with E-state index in [1.165, 1.54) is 9.87 Å². The number of aryl methyl sites for hydroxylation is 1. The van der Waals surface area contributed by atoms with Gasteiger partial charge in [0.15, 0.2) is 0 Å². The second kappa shape index (κ2) is 9.67. The Bertz CT molecular complexity index is 1240. The van der Waals surface area contributed by atoms with E-state index in [4.69, 9.17) is 4.74 Å². The minimum absolute atomic E-state index is 0.0137. The zero-order valence-corrected chi connectivity index (χ0v) is 20.7. The average Bonchev–Trinajstić information content (AvgIpc) is 3.26. The third kappa shape index (κ3) is 4.69. The summed E-state index contributed by atoms with van der Waals surface area (Å²) >= 11 is 1.12. The maximum atomic E-state index is 13.9. The fraction of sp³-hybridized carbons (Fsp3) is 0.320. The van der Waals surface area contributed by atoms with E-state index in [0.717, 1.165) is 22.6 Å². The molecule has 33 heavy (non-hydrogen) atoms. The van der Waals surface area contributed by atoms with Gasteiger partial charge in [0.05, 0.1) is 6.61 Å². The van der Waals surface area contributed by atoms with Crippen molar-refractivity contribution in [3.05, 3.63) is 70.4 Å². The number of hydrogen-bond donors (Lipinski definition) is 0. The lowest BCUT2D eigenvalue weighted by atomic mass is 10.1. The van der Waals surface area contributed by atoms with Gasteiger partial charge in [-0.05, 0) is 44.0 Å². The van der Waals surface area contributed by atoms with E-state index >= 15 is 0 Å². The lowest BCUT2D eigenvalue weighted by Gasteiger charge is -2.40. The lowest BCUT2D eigenvalue weighted by molar-refractivity contribution is 0.0528. The molecule has 1 aliphatic heterocycles. The molecule has 4 rings (SSSR count). The van der Waals surface area contributed by atoms with Crippen molar-refractivity contribution in [3.63, 3.8) is 0 Å². The van der Waals surface area contributed by atoms with Crippen molar-refractivity contribution in [2.75, 3.05) is 31.1 Å². The van der Waals surface area contributed by atoms with Crippen molar-refractivity contribution >= 4 is 33.0 Å². The summed E-state index contributed by atoms with van der Waals surface area (Å²) in [4.78, 5) is 15.1. The second-order valence-electron chi connectivity index (χ2n) is 8.14. The topological polar surface area (TPSA) is 66.9 Å². The van der Waals surface area contributed by atoms with Gasteiger partial charge < -0.3 is 9.64 Å². The third-order valence-corrected chi connectivity index (χ3v) is 8.85. The van der Waals surface area contributed by atoms with E-state index in [2.05, 4.69) is 17.0 Å². The molecule has 0 amide bonds. The van der Waals surface area contributed by atoms with Gasteiger partial charge in [-0.2, -0.15) is 4.31 Å². The number of rotatable bonds is 6. The number of benzene rings is 2. The molecule has 2 aromatic carbocycles. The SMILES string of the molecule is CCOC(=O)c1scc(-c2ccccc2)c1S(=O)(=O)N1CCN(c2cccc(C)c2)[C@H](C)C1. The summed E-state index contributed by atoms with van der Waals surface area (Å²) in [5.41, 5.74) is 3.55. The normalized spacial score (nSPS) is 17.2. The van der Waals surface area contributed by atoms with Crippen LogP contribution in [0.2, 0.25) is 0 Å². The summed E-state index contributed by atoms with van der Waals surface area (Å²) in [5, 5.41) is 1.74. The van der Waals surface area contributed by atoms with E-state index in [0.29, 0.717) is 25.2 Å². The zero-order valence-electron chi connectivity index (χ0n) is 19.0. The largest absolute Gasteiger partial charge is 0.462 e. The highest BCUT2D eigenvalue weighted by atomic mass is 32.2. The second-order valence-corrected chi connectivity index (χ2v) is 10.9. The molecule has 174 valence electrons. The molecule has 1 saturated heterocycles. The molecule has 0 saturated carbocycles. The van der Waals surface area contributed by atoms with E-state index in [1.807, 2.05) is 56.3 Å². The molecule has 3 aromatic rings. The molecule has 0 bridgehead atoms. The first-order chi connectivity index (χ1) is 15.8. The van der Waals surface area contributed by atoms with E-state index in [-0.39, 0.29) is 22.4 Å². The Labute approximate surface area is 199 Å². The van der Waals surface area contributed by atoms with Gasteiger partial charge in [0.2, 0.25) is 10.0 Å². The summed E-state index contributed by atoms with van der Waals surface area (Å²) < 4.78 is 34.5. The molecule has 1 fully saturated rings. The van der Waals surface area contributed by atoms with Crippen LogP contribution < -0.4 is 4.90 Å². The number of carbonyl (C=O) groups is 1. The third-order valence-electron chi connectivity index (χ3n) is 5.81. The van der Waals surface area contributed by atoms with E-state index in [9.17, 15) is 13.2 Å². The van der Waals surface area contributed by atoms with Crippen LogP contribution in [0.15, 0.2) is 64.9 Å². The molecule has 0 radical (unpaired) electrons. The Morgan fingerprint density at radius 3 is 2.55 bits per heavy atom. The molecule has 0 unspecified atom stereocenters. The van der Waals surface area contributed by atoms with Crippen molar-refractivity contribution < 1.29 is 17.9 Å². The first-order valence-electron chi connectivity index (χ1n) is 11.0. The van der Waals surface area contributed by atoms with Crippen molar-refractivity contribution in [1.82, 2.24) is 4.31 Å². The number of carbonyl (C=O) groups excluding carboxylic acids is 1. The molecule has 1 aromatic heterocycles. The molecule has 2 heterocycles. The number of nitrogens with zero attached hydrogens (tertiary/aromatic N) is 2. The van der Waals surface area contributed by atoms with Crippen LogP contribution in [0.5, 0.6) is 0 Å². The fourth-order valence-corrected chi connectivity index (χ4v) is 7.38. The first-order valence-corrected chi connectivity index (χ1v) is 13.3. The Balaban J connectivity index is 1.70. The summed E-state index contributed by atoms with van der Waals surface area (Å²) in [6.45, 7) is 7.22. The molecular formula is C25H28N2O4S2. The van der Waals surface area contributed by atoms with Crippen LogP contribution in [-0.2, 0) is 14.8 Å². The van der Waals surface area contributed by atoms with Crippen LogP contribution in [0, 0.1) is 6.92 Å². The highest BCUT2D eigenvalue weighted by molar-refractivity contribution is 7.89. The zero-order chi connectivity index (χ0) is 23.6. The molecule has 1 aliphatic rings. The highest BCUT2D eigenvalue weighted by Crippen LogP contribution is 2.38. The minimum Gasteiger partial charge on any atom is -0.462 e. The number of piperazine rings is 1. The van der Waals surface area contributed by atoms with Gasteiger partial charge in [-0.25, -0.2) is 13.2 Å². The number of ether oxygens (including phenoxy) is 1. The van der Waals surface area contributed by atoms with Crippen LogP contribution in [0.4, 0.5) is 5.69 Å². The lowest BCUT2D eigenvalue weighted by Crippen LogP contribution is -2.53. The van der Waals surface area contributed by atoms with Crippen LogP contribution in [0.3, 0.4) is 0 Å². The number of esters is 1. The van der Waals surface area contributed by atoms with Gasteiger partial charge in [-0.1, -0.05) is 42.5 Å². The standard InChI is InChI=1S/C25H28N2O4S2/c1-4-31-25(28)23-24(22(17-32-23)20-10-6-5-7-11-20)33(29,30)26-13-14-27(19(3)16-26)21-12-8-9-18(2)15-21/h5-12,15,17,19H,4,13-14,16H2,1-3H3/t19-/m1/s1. The molecule has 0 spiro atoms. The first kappa shape index (κ1) is 23.5. The minimum atomic E-state index is -3.92. The van der Waals surface area contributed by atoms with Gasteiger partial charge in [-0.15, -0.1) is 11.3 Å². The van der Waals surface area contributed by atoms with Gasteiger partial charge >= 0.3 is 5.97 Å². The smallest absolute Gasteiger partial charge is 0.349 e. The van der Waals surface area contributed by atoms with Crippen molar-refractivity contribution in [3.8, 4) is 11.1 Å². The molecule has 8 heteroatoms. The average molecular weight is 485 g/mol. The predicted octanol–water partition coefficient (Wildman–Crippen LogP) is 4.80. The quantitative estimate of drug-likeness (QED) is 0.470. The van der Waals surface area contributed by atoms with Gasteiger partial charge in [0.1, 0.15) is 9.77 Å². The monoisotopic (exact) mass is 484 g/mol. The van der Waals surface area contributed by atoms with Crippen LogP contribution >= 0.6 is 11.3 Å². The van der Waals surface area contributed by atoms with Crippen LogP contribution in [0.25, 0.3) is 11.1 Å². The van der Waals surface area contributed by atoms with Crippen molar-refractivity contribution in [1.29, 1.82) is 0 Å². The van der Waals surface area contributed by atoms with Gasteiger partial charge in [0, 0.05) is 42.3 Å². The fourth-order valence-electron chi connectivity index (χ4n) is 4.22. The molecular weight excluding hydrogens is 456 g/mol. The maximum Gasteiger partial charge on any atom is 0.349 e. The summed E-state index contributed by atoms with van der Waals surface area (Å²) in [5.74, 6) is -0.602. The summed E-state index contributed by atoms with van der Waals surface area (Å²) in [6.07, 6.45) is 0. The van der Waals surface area contributed by atoms with Crippen molar-refractivity contribution in [2.24, 2.45) is 0 Å². The predicted molar refractivity (Wildman–Crippen MR) is 132 cm³/mol. The molecule has 1 atom stereocenters. The Kier molecular flexibility index (Phi) is 6.88. The Morgan fingerprint density at radius 2 is 1.88 bits per heavy atom. The Hall–Kier alpha value is -2.68.